The summed E-state index contributed by atoms with van der Waals surface area (Å²) in [6.45, 7) is 0. The summed E-state index contributed by atoms with van der Waals surface area (Å²) in [7, 11) is 1.36. The topological polar surface area (TPSA) is 138 Å². The van der Waals surface area contributed by atoms with Crippen LogP contribution in [-0.2, 0) is 0 Å². The fraction of sp³-hybridized carbons (Fsp3) is 0.0769. The number of nitrogens with one attached hydrogen (secondary N) is 2. The molecule has 0 atom stereocenters. The van der Waals surface area contributed by atoms with Gasteiger partial charge in [-0.1, -0.05) is 0 Å². The van der Waals surface area contributed by atoms with Crippen LogP contribution in [0.3, 0.4) is 0 Å². The van der Waals surface area contributed by atoms with Crippen molar-refractivity contribution in [3.8, 4) is 11.5 Å². The lowest BCUT2D eigenvalue weighted by Crippen LogP contribution is -2.25. The Kier molecular flexibility index (Phi) is 5.24. The highest BCUT2D eigenvalue weighted by molar-refractivity contribution is 9.13. The van der Waals surface area contributed by atoms with Gasteiger partial charge in [0.15, 0.2) is 11.5 Å². The lowest BCUT2D eigenvalue weighted by Gasteiger charge is -2.10. The number of aromatic amines is 2. The molecule has 11 heteroatoms. The van der Waals surface area contributed by atoms with E-state index in [1.165, 1.54) is 19.3 Å². The predicted octanol–water partition coefficient (Wildman–Crippen LogP) is 2.38. The molecule has 0 aliphatic heterocycles. The predicted molar refractivity (Wildman–Crippen MR) is 93.3 cm³/mol. The normalized spacial score (nSPS) is 11.0. The summed E-state index contributed by atoms with van der Waals surface area (Å²) >= 11 is 6.52. The Morgan fingerprint density at radius 1 is 1.29 bits per heavy atom. The largest absolute Gasteiger partial charge is 0.504 e. The van der Waals surface area contributed by atoms with Gasteiger partial charge in [0.1, 0.15) is 5.69 Å². The number of benzene rings is 1. The number of hydrogen-bond acceptors (Lipinski definition) is 6. The number of nitrogens with zero attached hydrogens (tertiary/aromatic N) is 1. The van der Waals surface area contributed by atoms with Crippen LogP contribution in [0.25, 0.3) is 12.2 Å². The second-order valence-electron chi connectivity index (χ2n) is 4.40. The Labute approximate surface area is 150 Å². The van der Waals surface area contributed by atoms with Crippen LogP contribution in [0.4, 0.5) is 5.69 Å². The van der Waals surface area contributed by atoms with Crippen LogP contribution >= 0.6 is 31.9 Å². The average Bonchev–Trinajstić information content (AvgIpc) is 2.49. The molecular weight excluding hydrogens is 454 g/mol. The highest BCUT2D eigenvalue weighted by Gasteiger charge is 2.20. The molecule has 0 aliphatic carbocycles. The Morgan fingerprint density at radius 2 is 1.96 bits per heavy atom. The number of phenolic OH excluding ortho intramolecular Hbond substituents is 1. The van der Waals surface area contributed by atoms with E-state index in [-0.39, 0.29) is 22.8 Å². The summed E-state index contributed by atoms with van der Waals surface area (Å²) in [6, 6.07) is 1.52. The molecule has 0 fully saturated rings. The van der Waals surface area contributed by atoms with E-state index in [4.69, 9.17) is 4.74 Å². The molecule has 1 aromatic carbocycles. The van der Waals surface area contributed by atoms with Gasteiger partial charge in [-0.05, 0) is 50.1 Å². The van der Waals surface area contributed by atoms with Crippen LogP contribution in [0.5, 0.6) is 11.5 Å². The zero-order valence-corrected chi connectivity index (χ0v) is 15.1. The summed E-state index contributed by atoms with van der Waals surface area (Å²) in [4.78, 5) is 36.9. The second kappa shape index (κ2) is 7.01. The highest BCUT2D eigenvalue weighted by Crippen LogP contribution is 2.41. The van der Waals surface area contributed by atoms with Crippen molar-refractivity contribution in [2.45, 2.75) is 0 Å². The summed E-state index contributed by atoms with van der Waals surface area (Å²) in [5.41, 5.74) is -2.90. The van der Waals surface area contributed by atoms with E-state index in [0.29, 0.717) is 8.95 Å². The molecule has 3 N–H and O–H groups in total. The number of aromatic hydroxyl groups is 1. The molecular formula is C13H9Br2N3O6. The van der Waals surface area contributed by atoms with Gasteiger partial charge in [0, 0.05) is 14.5 Å². The number of H-pyrrole nitrogens is 2. The zero-order chi connectivity index (χ0) is 18.0. The average molecular weight is 463 g/mol. The molecule has 0 amide bonds. The number of hydrogen-bond donors (Lipinski definition) is 3. The van der Waals surface area contributed by atoms with Crippen molar-refractivity contribution >= 4 is 49.7 Å². The van der Waals surface area contributed by atoms with Crippen LogP contribution < -0.4 is 16.0 Å². The van der Waals surface area contributed by atoms with Crippen molar-refractivity contribution in [2.75, 3.05) is 7.11 Å². The molecule has 24 heavy (non-hydrogen) atoms. The van der Waals surface area contributed by atoms with Crippen molar-refractivity contribution < 1.29 is 14.8 Å². The molecule has 0 saturated heterocycles. The number of methoxy groups -OCH3 is 1. The molecule has 0 spiro atoms. The zero-order valence-electron chi connectivity index (χ0n) is 11.9. The van der Waals surface area contributed by atoms with Crippen molar-refractivity contribution in [3.63, 3.8) is 0 Å². The maximum Gasteiger partial charge on any atom is 0.357 e. The maximum atomic E-state index is 11.6. The Balaban J connectivity index is 2.66. The lowest BCUT2D eigenvalue weighted by atomic mass is 10.1. The summed E-state index contributed by atoms with van der Waals surface area (Å²) < 4.78 is 6.03. The summed E-state index contributed by atoms with van der Waals surface area (Å²) in [6.07, 6.45) is 2.44. The third-order valence-electron chi connectivity index (χ3n) is 2.96. The molecule has 9 nitrogen and oxygen atoms in total. The monoisotopic (exact) mass is 461 g/mol. The molecule has 2 rings (SSSR count). The van der Waals surface area contributed by atoms with Gasteiger partial charge in [-0.25, -0.2) is 4.79 Å². The first-order valence-electron chi connectivity index (χ1n) is 6.20. The van der Waals surface area contributed by atoms with Crippen molar-refractivity contribution in [2.24, 2.45) is 0 Å². The number of aromatic nitrogens is 2. The van der Waals surface area contributed by atoms with Gasteiger partial charge in [0.05, 0.1) is 12.0 Å². The van der Waals surface area contributed by atoms with Crippen molar-refractivity contribution in [3.05, 3.63) is 57.2 Å². The number of ether oxygens (including phenoxy) is 1. The molecule has 0 saturated carbocycles. The third-order valence-corrected chi connectivity index (χ3v) is 4.97. The Bertz CT molecular complexity index is 963. The minimum atomic E-state index is -1.13. The number of rotatable bonds is 4. The number of nitro groups is 1. The minimum absolute atomic E-state index is 0.165. The van der Waals surface area contributed by atoms with Gasteiger partial charge in [-0.15, -0.1) is 0 Å². The molecule has 126 valence electrons. The molecule has 2 aromatic rings. The lowest BCUT2D eigenvalue weighted by molar-refractivity contribution is -0.386. The van der Waals surface area contributed by atoms with Crippen molar-refractivity contribution in [1.29, 1.82) is 0 Å². The fourth-order valence-corrected chi connectivity index (χ4v) is 2.74. The fourth-order valence-electron chi connectivity index (χ4n) is 1.89. The number of halogens is 2. The van der Waals surface area contributed by atoms with Gasteiger partial charge >= 0.3 is 16.9 Å². The third kappa shape index (κ3) is 3.41. The van der Waals surface area contributed by atoms with E-state index in [1.807, 2.05) is 0 Å². The van der Waals surface area contributed by atoms with Gasteiger partial charge in [0.25, 0.3) is 0 Å². The summed E-state index contributed by atoms with van der Waals surface area (Å²) in [5.74, 6) is -0.0581. The van der Waals surface area contributed by atoms with E-state index < -0.39 is 21.9 Å². The first-order chi connectivity index (χ1) is 11.3. The van der Waals surface area contributed by atoms with E-state index in [1.54, 1.807) is 4.98 Å². The Hall–Kier alpha value is -2.40. The van der Waals surface area contributed by atoms with E-state index >= 15 is 0 Å². The standard InChI is InChI=1S/C13H9Br2N3O6/c1-24-8-4-6(14)9(15)5(11(8)19)2-3-7-10(18(22)23)12(20)17-13(21)16-7/h2-4,19H,1H3,(H2,16,17,20,21)/b3-2+. The first-order valence-corrected chi connectivity index (χ1v) is 7.78. The summed E-state index contributed by atoms with van der Waals surface area (Å²) in [5, 5.41) is 21.2. The number of phenols is 1. The molecule has 0 aliphatic rings. The van der Waals surface area contributed by atoms with Gasteiger partial charge in [-0.3, -0.25) is 19.9 Å². The van der Waals surface area contributed by atoms with Gasteiger partial charge < -0.3 is 14.8 Å². The molecule has 0 bridgehead atoms. The minimum Gasteiger partial charge on any atom is -0.504 e. The van der Waals surface area contributed by atoms with E-state index in [0.717, 1.165) is 6.08 Å². The second-order valence-corrected chi connectivity index (χ2v) is 6.05. The van der Waals surface area contributed by atoms with Crippen molar-refractivity contribution in [1.82, 2.24) is 9.97 Å². The van der Waals surface area contributed by atoms with Crippen LogP contribution in [0.1, 0.15) is 11.3 Å². The van der Waals surface area contributed by atoms with Crippen LogP contribution in [0, 0.1) is 10.1 Å². The van der Waals surface area contributed by atoms with Crippen LogP contribution in [-0.4, -0.2) is 27.1 Å². The SMILES string of the molecule is COc1cc(Br)c(Br)c(/C=C/c2[nH]c(=O)[nH]c(=O)c2[N+](=O)[O-])c1O. The molecule has 1 aromatic heterocycles. The molecule has 1 heterocycles. The van der Waals surface area contributed by atoms with E-state index in [9.17, 15) is 24.8 Å². The highest BCUT2D eigenvalue weighted by atomic mass is 79.9. The Morgan fingerprint density at radius 3 is 2.54 bits per heavy atom. The maximum absolute atomic E-state index is 11.6. The quantitative estimate of drug-likeness (QED) is 0.471. The van der Waals surface area contributed by atoms with Gasteiger partial charge in [0.2, 0.25) is 0 Å². The van der Waals surface area contributed by atoms with Crippen LogP contribution in [0.2, 0.25) is 0 Å². The smallest absolute Gasteiger partial charge is 0.357 e. The first kappa shape index (κ1) is 17.9. The molecule has 0 unspecified atom stereocenters. The van der Waals surface area contributed by atoms with Crippen LogP contribution in [0.15, 0.2) is 24.6 Å². The molecule has 0 radical (unpaired) electrons. The van der Waals surface area contributed by atoms with Gasteiger partial charge in [-0.2, -0.15) is 0 Å². The van der Waals surface area contributed by atoms with E-state index in [2.05, 4.69) is 36.8 Å².